The number of rotatable bonds is 5. The molecule has 1 aliphatic carbocycles. The summed E-state index contributed by atoms with van der Waals surface area (Å²) in [6.07, 6.45) is 4.21. The van der Waals surface area contributed by atoms with Crippen LogP contribution in [0.1, 0.15) is 50.4 Å². The largest absolute Gasteiger partial charge is 0.492 e. The van der Waals surface area contributed by atoms with E-state index in [2.05, 4.69) is 31.2 Å². The lowest BCUT2D eigenvalue weighted by Crippen LogP contribution is -2.37. The van der Waals surface area contributed by atoms with Crippen molar-refractivity contribution in [2.45, 2.75) is 52.6 Å². The SMILES string of the molecule is CCC(C)(C)Cn1c(=O)c(C(=O)NC2CC2)c(O)n2nccc12. The first-order valence-electron chi connectivity index (χ1n) is 7.94. The second-order valence-electron chi connectivity index (χ2n) is 6.96. The molecule has 0 unspecified atom stereocenters. The zero-order valence-electron chi connectivity index (χ0n) is 13.7. The monoisotopic (exact) mass is 318 g/mol. The van der Waals surface area contributed by atoms with Crippen LogP contribution in [0.25, 0.3) is 5.65 Å². The third-order valence-electron chi connectivity index (χ3n) is 4.47. The van der Waals surface area contributed by atoms with Gasteiger partial charge in [-0.3, -0.25) is 14.2 Å². The average molecular weight is 318 g/mol. The number of nitrogens with one attached hydrogen (secondary N) is 1. The summed E-state index contributed by atoms with van der Waals surface area (Å²) in [6, 6.07) is 1.77. The van der Waals surface area contributed by atoms with Gasteiger partial charge >= 0.3 is 0 Å². The molecular weight excluding hydrogens is 296 g/mol. The van der Waals surface area contributed by atoms with Gasteiger partial charge < -0.3 is 10.4 Å². The molecule has 2 aromatic heterocycles. The highest BCUT2D eigenvalue weighted by molar-refractivity contribution is 5.96. The number of carbonyl (C=O) groups excluding carboxylic acids is 1. The minimum absolute atomic E-state index is 0.107. The van der Waals surface area contributed by atoms with Crippen LogP contribution >= 0.6 is 0 Å². The topological polar surface area (TPSA) is 88.6 Å². The average Bonchev–Trinajstić information content (AvgIpc) is 3.16. The van der Waals surface area contributed by atoms with Crippen LogP contribution in [-0.2, 0) is 6.54 Å². The standard InChI is InChI=1S/C16H22N4O3/c1-4-16(2,3)9-19-11-7-8-17-20(11)15(23)12(14(19)22)13(21)18-10-5-6-10/h7-8,10,23H,4-6,9H2,1-3H3,(H,18,21). The van der Waals surface area contributed by atoms with E-state index in [9.17, 15) is 14.7 Å². The van der Waals surface area contributed by atoms with Crippen molar-refractivity contribution in [1.82, 2.24) is 19.5 Å². The van der Waals surface area contributed by atoms with Gasteiger partial charge in [0.15, 0.2) is 5.56 Å². The van der Waals surface area contributed by atoms with E-state index in [4.69, 9.17) is 0 Å². The summed E-state index contributed by atoms with van der Waals surface area (Å²) in [4.78, 5) is 25.2. The fourth-order valence-electron chi connectivity index (χ4n) is 2.48. The van der Waals surface area contributed by atoms with Gasteiger partial charge in [-0.1, -0.05) is 20.8 Å². The van der Waals surface area contributed by atoms with Gasteiger partial charge in [-0.2, -0.15) is 9.61 Å². The quantitative estimate of drug-likeness (QED) is 0.875. The van der Waals surface area contributed by atoms with Crippen molar-refractivity contribution >= 4 is 11.6 Å². The molecule has 0 radical (unpaired) electrons. The van der Waals surface area contributed by atoms with Crippen molar-refractivity contribution < 1.29 is 9.90 Å². The van der Waals surface area contributed by atoms with Gasteiger partial charge in [-0.05, 0) is 24.7 Å². The second-order valence-corrected chi connectivity index (χ2v) is 6.96. The van der Waals surface area contributed by atoms with Gasteiger partial charge in [0.2, 0.25) is 5.88 Å². The smallest absolute Gasteiger partial charge is 0.270 e. The zero-order chi connectivity index (χ0) is 16.8. The Morgan fingerprint density at radius 1 is 1.48 bits per heavy atom. The highest BCUT2D eigenvalue weighted by Gasteiger charge is 2.30. The lowest BCUT2D eigenvalue weighted by molar-refractivity contribution is 0.0944. The number of nitrogens with zero attached hydrogens (tertiary/aromatic N) is 3. The van der Waals surface area contributed by atoms with Crippen molar-refractivity contribution in [1.29, 1.82) is 0 Å². The molecule has 0 aliphatic heterocycles. The number of fused-ring (bicyclic) bond motifs is 1. The maximum Gasteiger partial charge on any atom is 0.270 e. The summed E-state index contributed by atoms with van der Waals surface area (Å²) in [5.74, 6) is -0.936. The molecular formula is C16H22N4O3. The third kappa shape index (κ3) is 2.83. The van der Waals surface area contributed by atoms with Crippen LogP contribution in [0.3, 0.4) is 0 Å². The Bertz CT molecular complexity index is 815. The summed E-state index contributed by atoms with van der Waals surface area (Å²) >= 11 is 0. The molecule has 0 bridgehead atoms. The number of aromatic hydroxyl groups is 1. The van der Waals surface area contributed by atoms with E-state index in [0.29, 0.717) is 12.2 Å². The predicted molar refractivity (Wildman–Crippen MR) is 85.7 cm³/mol. The van der Waals surface area contributed by atoms with E-state index in [1.807, 2.05) is 0 Å². The van der Waals surface area contributed by atoms with Crippen LogP contribution in [0.15, 0.2) is 17.1 Å². The Morgan fingerprint density at radius 3 is 2.78 bits per heavy atom. The lowest BCUT2D eigenvalue weighted by Gasteiger charge is -2.24. The number of aromatic nitrogens is 3. The Kier molecular flexibility index (Phi) is 3.66. The maximum atomic E-state index is 12.8. The molecule has 3 rings (SSSR count). The van der Waals surface area contributed by atoms with E-state index < -0.39 is 17.3 Å². The molecule has 7 heteroatoms. The van der Waals surface area contributed by atoms with Crippen LogP contribution in [-0.4, -0.2) is 31.2 Å². The summed E-state index contributed by atoms with van der Waals surface area (Å²) in [5, 5.41) is 17.1. The third-order valence-corrected chi connectivity index (χ3v) is 4.47. The molecule has 124 valence electrons. The maximum absolute atomic E-state index is 12.8. The predicted octanol–water partition coefficient (Wildman–Crippen LogP) is 1.53. The lowest BCUT2D eigenvalue weighted by atomic mass is 9.90. The minimum Gasteiger partial charge on any atom is -0.492 e. The van der Waals surface area contributed by atoms with Crippen molar-refractivity contribution in [3.05, 3.63) is 28.2 Å². The number of amides is 1. The molecule has 1 aliphatic rings. The van der Waals surface area contributed by atoms with Crippen LogP contribution < -0.4 is 10.9 Å². The normalized spacial score (nSPS) is 15.1. The molecule has 2 N–H and O–H groups in total. The molecule has 0 saturated heterocycles. The Labute approximate surface area is 133 Å². The number of hydrogen-bond acceptors (Lipinski definition) is 4. The van der Waals surface area contributed by atoms with Crippen molar-refractivity contribution in [3.8, 4) is 5.88 Å². The zero-order valence-corrected chi connectivity index (χ0v) is 13.7. The highest BCUT2D eigenvalue weighted by Crippen LogP contribution is 2.25. The molecule has 1 fully saturated rings. The summed E-state index contributed by atoms with van der Waals surface area (Å²) in [6.45, 7) is 6.62. The first kappa shape index (κ1) is 15.6. The Morgan fingerprint density at radius 2 is 2.17 bits per heavy atom. The summed E-state index contributed by atoms with van der Waals surface area (Å²) in [5.41, 5.74) is -0.345. The highest BCUT2D eigenvalue weighted by atomic mass is 16.3. The van der Waals surface area contributed by atoms with Crippen molar-refractivity contribution in [2.75, 3.05) is 0 Å². The minimum atomic E-state index is -0.532. The molecule has 2 heterocycles. The van der Waals surface area contributed by atoms with Crippen LogP contribution in [0, 0.1) is 5.41 Å². The summed E-state index contributed by atoms with van der Waals surface area (Å²) < 4.78 is 2.77. The molecule has 1 saturated carbocycles. The van der Waals surface area contributed by atoms with Crippen LogP contribution in [0.2, 0.25) is 0 Å². The van der Waals surface area contributed by atoms with Crippen molar-refractivity contribution in [3.63, 3.8) is 0 Å². The van der Waals surface area contributed by atoms with Gasteiger partial charge in [0.25, 0.3) is 11.5 Å². The number of hydrogen-bond donors (Lipinski definition) is 2. The fourth-order valence-corrected chi connectivity index (χ4v) is 2.48. The van der Waals surface area contributed by atoms with Gasteiger partial charge in [-0.15, -0.1) is 0 Å². The molecule has 2 aromatic rings. The first-order valence-corrected chi connectivity index (χ1v) is 7.94. The molecule has 7 nitrogen and oxygen atoms in total. The Hall–Kier alpha value is -2.31. The number of carbonyl (C=O) groups is 1. The van der Waals surface area contributed by atoms with Gasteiger partial charge in [0.1, 0.15) is 5.65 Å². The molecule has 1 amide bonds. The molecule has 23 heavy (non-hydrogen) atoms. The van der Waals surface area contributed by atoms with Gasteiger partial charge in [-0.25, -0.2) is 0 Å². The van der Waals surface area contributed by atoms with E-state index in [0.717, 1.165) is 19.3 Å². The fraction of sp³-hybridized carbons (Fsp3) is 0.562. The van der Waals surface area contributed by atoms with Crippen molar-refractivity contribution in [2.24, 2.45) is 5.41 Å². The second kappa shape index (κ2) is 5.40. The van der Waals surface area contributed by atoms with E-state index >= 15 is 0 Å². The van der Waals surface area contributed by atoms with E-state index in [1.165, 1.54) is 15.3 Å². The first-order chi connectivity index (χ1) is 10.8. The van der Waals surface area contributed by atoms with E-state index in [1.54, 1.807) is 6.07 Å². The van der Waals surface area contributed by atoms with E-state index in [-0.39, 0.29) is 17.0 Å². The van der Waals surface area contributed by atoms with Gasteiger partial charge in [0, 0.05) is 18.7 Å². The summed E-state index contributed by atoms with van der Waals surface area (Å²) in [7, 11) is 0. The van der Waals surface area contributed by atoms with Crippen LogP contribution in [0.4, 0.5) is 0 Å². The molecule has 0 spiro atoms. The Balaban J connectivity index is 2.16. The molecule has 0 aromatic carbocycles. The molecule has 0 atom stereocenters. The van der Waals surface area contributed by atoms with Gasteiger partial charge in [0.05, 0.1) is 6.20 Å². The van der Waals surface area contributed by atoms with Crippen LogP contribution in [0.5, 0.6) is 5.88 Å².